The van der Waals surface area contributed by atoms with Gasteiger partial charge in [-0.15, -0.1) is 23.2 Å². The SMILES string of the molecule is CC(=O)Nc1ccc(C(Cl)CS(=O)(=O)CC(Cl)c2ccc(NC(C)=O)cc2)cc1. The Morgan fingerprint density at radius 1 is 0.759 bits per heavy atom. The van der Waals surface area contributed by atoms with Crippen molar-refractivity contribution in [1.29, 1.82) is 0 Å². The predicted molar refractivity (Wildman–Crippen MR) is 117 cm³/mol. The number of rotatable bonds is 8. The second-order valence-electron chi connectivity index (χ2n) is 6.62. The van der Waals surface area contributed by atoms with E-state index in [9.17, 15) is 18.0 Å². The fraction of sp³-hybridized carbons (Fsp3) is 0.300. The van der Waals surface area contributed by atoms with Crippen LogP contribution in [-0.2, 0) is 19.4 Å². The van der Waals surface area contributed by atoms with E-state index in [-0.39, 0.29) is 23.3 Å². The third kappa shape index (κ3) is 7.68. The van der Waals surface area contributed by atoms with Crippen molar-refractivity contribution in [3.05, 3.63) is 59.7 Å². The lowest BCUT2D eigenvalue weighted by Crippen LogP contribution is -2.18. The first-order chi connectivity index (χ1) is 13.6. The van der Waals surface area contributed by atoms with Crippen LogP contribution < -0.4 is 10.6 Å². The van der Waals surface area contributed by atoms with Crippen molar-refractivity contribution in [1.82, 2.24) is 0 Å². The number of amides is 2. The van der Waals surface area contributed by atoms with Crippen LogP contribution in [-0.4, -0.2) is 31.7 Å². The van der Waals surface area contributed by atoms with E-state index >= 15 is 0 Å². The average molecular weight is 457 g/mol. The van der Waals surface area contributed by atoms with Crippen molar-refractivity contribution in [3.8, 4) is 0 Å². The zero-order valence-electron chi connectivity index (χ0n) is 16.0. The Balaban J connectivity index is 1.99. The Morgan fingerprint density at radius 3 is 1.34 bits per heavy atom. The fourth-order valence-electron chi connectivity index (χ4n) is 2.66. The topological polar surface area (TPSA) is 92.3 Å². The van der Waals surface area contributed by atoms with Crippen LogP contribution in [0.3, 0.4) is 0 Å². The van der Waals surface area contributed by atoms with E-state index < -0.39 is 20.6 Å². The third-order valence-corrected chi connectivity index (χ3v) is 6.85. The van der Waals surface area contributed by atoms with Crippen molar-refractivity contribution >= 4 is 56.2 Å². The summed E-state index contributed by atoms with van der Waals surface area (Å²) in [5, 5.41) is 3.80. The molecule has 2 unspecified atom stereocenters. The number of anilines is 2. The summed E-state index contributed by atoms with van der Waals surface area (Å²) >= 11 is 12.6. The standard InChI is InChI=1S/C20H22Cl2N2O4S/c1-13(25)23-17-7-3-15(4-8-17)19(21)11-29(27,28)12-20(22)16-5-9-18(10-6-16)24-14(2)26/h3-10,19-20H,11-12H2,1-2H3,(H,23,25)(H,24,26). The Hall–Kier alpha value is -2.09. The zero-order valence-corrected chi connectivity index (χ0v) is 18.3. The summed E-state index contributed by atoms with van der Waals surface area (Å²) in [6, 6.07) is 13.4. The number of benzene rings is 2. The van der Waals surface area contributed by atoms with Gasteiger partial charge in [0, 0.05) is 25.2 Å². The van der Waals surface area contributed by atoms with Gasteiger partial charge in [0.15, 0.2) is 9.84 Å². The van der Waals surface area contributed by atoms with Crippen LogP contribution in [0.5, 0.6) is 0 Å². The third-order valence-electron chi connectivity index (χ3n) is 3.99. The number of carbonyl (C=O) groups excluding carboxylic acids is 2. The number of halogens is 2. The van der Waals surface area contributed by atoms with Gasteiger partial charge >= 0.3 is 0 Å². The summed E-state index contributed by atoms with van der Waals surface area (Å²) in [6.07, 6.45) is 0. The molecule has 0 fully saturated rings. The van der Waals surface area contributed by atoms with Crippen LogP contribution in [0.4, 0.5) is 11.4 Å². The molecule has 156 valence electrons. The number of sulfone groups is 1. The summed E-state index contributed by atoms with van der Waals surface area (Å²) in [5.74, 6) is -0.912. The molecule has 2 aromatic rings. The maximum atomic E-state index is 12.5. The van der Waals surface area contributed by atoms with Crippen molar-refractivity contribution in [2.75, 3.05) is 22.1 Å². The van der Waals surface area contributed by atoms with Gasteiger partial charge < -0.3 is 10.6 Å². The van der Waals surface area contributed by atoms with Gasteiger partial charge in [0.25, 0.3) is 0 Å². The quantitative estimate of drug-likeness (QED) is 0.579. The first kappa shape index (κ1) is 23.2. The van der Waals surface area contributed by atoms with Gasteiger partial charge in [-0.1, -0.05) is 24.3 Å². The lowest BCUT2D eigenvalue weighted by atomic mass is 10.1. The van der Waals surface area contributed by atoms with Crippen molar-refractivity contribution in [2.45, 2.75) is 24.6 Å². The number of hydrogen-bond donors (Lipinski definition) is 2. The normalized spacial score (nSPS) is 13.4. The highest BCUT2D eigenvalue weighted by molar-refractivity contribution is 7.91. The van der Waals surface area contributed by atoms with E-state index in [1.165, 1.54) is 13.8 Å². The Labute approximate surface area is 180 Å². The smallest absolute Gasteiger partial charge is 0.221 e. The lowest BCUT2D eigenvalue weighted by molar-refractivity contribution is -0.115. The molecule has 0 aliphatic carbocycles. The maximum Gasteiger partial charge on any atom is 0.221 e. The van der Waals surface area contributed by atoms with Crippen LogP contribution in [0.1, 0.15) is 35.7 Å². The van der Waals surface area contributed by atoms with E-state index in [4.69, 9.17) is 23.2 Å². The van der Waals surface area contributed by atoms with Gasteiger partial charge in [-0.05, 0) is 35.4 Å². The predicted octanol–water partition coefficient (Wildman–Crippen LogP) is 4.28. The van der Waals surface area contributed by atoms with E-state index in [1.807, 2.05) is 0 Å². The molecule has 0 bridgehead atoms. The lowest BCUT2D eigenvalue weighted by Gasteiger charge is -2.15. The highest BCUT2D eigenvalue weighted by Crippen LogP contribution is 2.28. The molecule has 2 aromatic carbocycles. The molecule has 0 radical (unpaired) electrons. The number of carbonyl (C=O) groups is 2. The molecule has 2 atom stereocenters. The van der Waals surface area contributed by atoms with Crippen LogP contribution >= 0.6 is 23.2 Å². The second-order valence-corrected chi connectivity index (χ2v) is 9.83. The minimum atomic E-state index is -3.54. The molecule has 0 saturated heterocycles. The molecule has 0 aliphatic heterocycles. The molecule has 29 heavy (non-hydrogen) atoms. The zero-order chi connectivity index (χ0) is 21.6. The summed E-state index contributed by atoms with van der Waals surface area (Å²) in [4.78, 5) is 22.1. The Bertz CT molecular complexity index is 887. The van der Waals surface area contributed by atoms with Gasteiger partial charge in [-0.2, -0.15) is 0 Å². The Kier molecular flexibility index (Phi) is 8.07. The average Bonchev–Trinajstić information content (AvgIpc) is 2.61. The van der Waals surface area contributed by atoms with Crippen LogP contribution in [0.15, 0.2) is 48.5 Å². The van der Waals surface area contributed by atoms with Gasteiger partial charge in [0.05, 0.1) is 22.3 Å². The minimum absolute atomic E-state index is 0.194. The summed E-state index contributed by atoms with van der Waals surface area (Å²) in [5.41, 5.74) is 2.48. The molecular weight excluding hydrogens is 435 g/mol. The maximum absolute atomic E-state index is 12.5. The molecule has 2 N–H and O–H groups in total. The van der Waals surface area contributed by atoms with E-state index in [1.54, 1.807) is 48.5 Å². The summed E-state index contributed by atoms with van der Waals surface area (Å²) in [7, 11) is -3.54. The van der Waals surface area contributed by atoms with Crippen LogP contribution in [0.2, 0.25) is 0 Å². The minimum Gasteiger partial charge on any atom is -0.326 e. The van der Waals surface area contributed by atoms with Gasteiger partial charge in [0.1, 0.15) is 0 Å². The van der Waals surface area contributed by atoms with Crippen LogP contribution in [0.25, 0.3) is 0 Å². The fourth-order valence-corrected chi connectivity index (χ4v) is 5.52. The largest absolute Gasteiger partial charge is 0.326 e. The van der Waals surface area contributed by atoms with E-state index in [2.05, 4.69) is 10.6 Å². The molecule has 6 nitrogen and oxygen atoms in total. The van der Waals surface area contributed by atoms with Gasteiger partial charge in [0.2, 0.25) is 11.8 Å². The monoisotopic (exact) mass is 456 g/mol. The molecule has 0 aromatic heterocycles. The van der Waals surface area contributed by atoms with Crippen molar-refractivity contribution in [3.63, 3.8) is 0 Å². The molecule has 9 heteroatoms. The molecule has 0 spiro atoms. The van der Waals surface area contributed by atoms with Crippen molar-refractivity contribution in [2.24, 2.45) is 0 Å². The molecule has 0 heterocycles. The first-order valence-electron chi connectivity index (χ1n) is 8.79. The number of nitrogens with one attached hydrogen (secondary N) is 2. The summed E-state index contributed by atoms with van der Waals surface area (Å²) < 4.78 is 25.1. The summed E-state index contributed by atoms with van der Waals surface area (Å²) in [6.45, 7) is 2.81. The van der Waals surface area contributed by atoms with Gasteiger partial charge in [-0.3, -0.25) is 9.59 Å². The molecule has 0 aliphatic rings. The number of hydrogen-bond acceptors (Lipinski definition) is 4. The van der Waals surface area contributed by atoms with Gasteiger partial charge in [-0.25, -0.2) is 8.42 Å². The number of alkyl halides is 2. The Morgan fingerprint density at radius 2 is 1.07 bits per heavy atom. The molecule has 2 rings (SSSR count). The highest BCUT2D eigenvalue weighted by Gasteiger charge is 2.23. The van der Waals surface area contributed by atoms with Crippen LogP contribution in [0, 0.1) is 0 Å². The molecular formula is C20H22Cl2N2O4S. The highest BCUT2D eigenvalue weighted by atomic mass is 35.5. The van der Waals surface area contributed by atoms with E-state index in [0.717, 1.165) is 0 Å². The second kappa shape index (κ2) is 10.1. The van der Waals surface area contributed by atoms with E-state index in [0.29, 0.717) is 22.5 Å². The van der Waals surface area contributed by atoms with Crippen molar-refractivity contribution < 1.29 is 18.0 Å². The molecule has 2 amide bonds. The first-order valence-corrected chi connectivity index (χ1v) is 11.5. The molecule has 0 saturated carbocycles.